The van der Waals surface area contributed by atoms with E-state index in [1.165, 1.54) is 19.2 Å². The zero-order valence-corrected chi connectivity index (χ0v) is 11.7. The molecule has 1 atom stereocenters. The van der Waals surface area contributed by atoms with Gasteiger partial charge < -0.3 is 10.1 Å². The second-order valence-corrected chi connectivity index (χ2v) is 6.22. The molecule has 106 valence electrons. The van der Waals surface area contributed by atoms with E-state index in [4.69, 9.17) is 4.74 Å². The zero-order chi connectivity index (χ0) is 14.6. The third-order valence-corrected chi connectivity index (χ3v) is 3.52. The molecular weight excluding hydrogens is 272 g/mol. The van der Waals surface area contributed by atoms with Crippen molar-refractivity contribution in [3.63, 3.8) is 0 Å². The van der Waals surface area contributed by atoms with Gasteiger partial charge in [0.05, 0.1) is 16.4 Å². The summed E-state index contributed by atoms with van der Waals surface area (Å²) in [6, 6.07) is 3.65. The van der Waals surface area contributed by atoms with Gasteiger partial charge in [0.2, 0.25) is 0 Å². The van der Waals surface area contributed by atoms with Crippen molar-refractivity contribution < 1.29 is 18.1 Å². The van der Waals surface area contributed by atoms with Crippen LogP contribution in [-0.2, 0) is 14.6 Å². The summed E-state index contributed by atoms with van der Waals surface area (Å²) in [4.78, 5) is 10.3. The Hall–Kier alpha value is -1.67. The average Bonchev–Trinajstić information content (AvgIpc) is 2.27. The number of nitrogens with one attached hydrogen (secondary N) is 1. The van der Waals surface area contributed by atoms with Gasteiger partial charge in [0, 0.05) is 25.5 Å². The van der Waals surface area contributed by atoms with Crippen molar-refractivity contribution in [2.24, 2.45) is 0 Å². The van der Waals surface area contributed by atoms with Crippen molar-refractivity contribution in [3.05, 3.63) is 28.3 Å². The van der Waals surface area contributed by atoms with E-state index in [-0.39, 0.29) is 22.3 Å². The van der Waals surface area contributed by atoms with E-state index in [1.807, 2.05) is 0 Å². The summed E-state index contributed by atoms with van der Waals surface area (Å²) in [5.74, 6) is 0. The summed E-state index contributed by atoms with van der Waals surface area (Å²) in [5.41, 5.74) is -0.00664. The second kappa shape index (κ2) is 5.98. The molecule has 0 unspecified atom stereocenters. The van der Waals surface area contributed by atoms with Crippen molar-refractivity contribution in [1.29, 1.82) is 0 Å². The molecule has 1 N–H and O–H groups in total. The van der Waals surface area contributed by atoms with Crippen LogP contribution in [0.4, 0.5) is 11.4 Å². The van der Waals surface area contributed by atoms with E-state index in [1.54, 1.807) is 6.92 Å². The molecule has 0 spiro atoms. The summed E-state index contributed by atoms with van der Waals surface area (Å²) >= 11 is 0. The Morgan fingerprint density at radius 2 is 2.11 bits per heavy atom. The van der Waals surface area contributed by atoms with Gasteiger partial charge in [-0.25, -0.2) is 8.42 Å². The van der Waals surface area contributed by atoms with Crippen molar-refractivity contribution in [2.75, 3.05) is 25.3 Å². The lowest BCUT2D eigenvalue weighted by Gasteiger charge is -2.14. The zero-order valence-electron chi connectivity index (χ0n) is 10.9. The molecule has 1 rings (SSSR count). The van der Waals surface area contributed by atoms with Crippen LogP contribution in [0.5, 0.6) is 0 Å². The van der Waals surface area contributed by atoms with Gasteiger partial charge in [0.1, 0.15) is 5.69 Å². The topological polar surface area (TPSA) is 98.5 Å². The third-order valence-electron chi connectivity index (χ3n) is 2.41. The number of methoxy groups -OCH3 is 1. The molecular formula is C11H16N2O5S. The largest absolute Gasteiger partial charge is 0.383 e. The van der Waals surface area contributed by atoms with Crippen molar-refractivity contribution in [1.82, 2.24) is 0 Å². The molecule has 8 heteroatoms. The molecule has 0 fully saturated rings. The molecule has 0 saturated heterocycles. The Morgan fingerprint density at radius 3 is 2.58 bits per heavy atom. The molecule has 0 bridgehead atoms. The molecule has 1 aromatic rings. The number of hydrogen-bond donors (Lipinski definition) is 1. The Bertz CT molecular complexity index is 570. The Balaban J connectivity index is 3.16. The smallest absolute Gasteiger partial charge is 0.293 e. The number of nitro groups is 1. The monoisotopic (exact) mass is 288 g/mol. The first-order valence-corrected chi connectivity index (χ1v) is 7.39. The van der Waals surface area contributed by atoms with Crippen molar-refractivity contribution in [2.45, 2.75) is 17.9 Å². The molecule has 1 aromatic carbocycles. The summed E-state index contributed by atoms with van der Waals surface area (Å²) in [7, 11) is -1.94. The predicted molar refractivity (Wildman–Crippen MR) is 71.2 cm³/mol. The minimum absolute atomic E-state index is 0.0795. The van der Waals surface area contributed by atoms with Crippen LogP contribution >= 0.6 is 0 Å². The van der Waals surface area contributed by atoms with Gasteiger partial charge in [-0.15, -0.1) is 0 Å². The number of benzene rings is 1. The first-order valence-electron chi connectivity index (χ1n) is 5.49. The lowest BCUT2D eigenvalue weighted by Crippen LogP contribution is -2.21. The van der Waals surface area contributed by atoms with Gasteiger partial charge in [0.25, 0.3) is 5.69 Å². The highest BCUT2D eigenvalue weighted by molar-refractivity contribution is 7.90. The fourth-order valence-electron chi connectivity index (χ4n) is 1.57. The van der Waals surface area contributed by atoms with Crippen LogP contribution in [0, 0.1) is 10.1 Å². The predicted octanol–water partition coefficient (Wildman–Crippen LogP) is 1.45. The SMILES string of the molecule is COC[C@H](C)Nc1ccc(S(C)(=O)=O)cc1[N+](=O)[O-]. The van der Waals surface area contributed by atoms with Crippen LogP contribution in [0.2, 0.25) is 0 Å². The fourth-order valence-corrected chi connectivity index (χ4v) is 2.21. The van der Waals surface area contributed by atoms with Gasteiger partial charge in [-0.1, -0.05) is 0 Å². The minimum atomic E-state index is -3.47. The highest BCUT2D eigenvalue weighted by Gasteiger charge is 2.19. The van der Waals surface area contributed by atoms with E-state index in [9.17, 15) is 18.5 Å². The number of hydrogen-bond acceptors (Lipinski definition) is 6. The summed E-state index contributed by atoms with van der Waals surface area (Å²) in [6.07, 6.45) is 1.01. The summed E-state index contributed by atoms with van der Waals surface area (Å²) < 4.78 is 27.7. The molecule has 19 heavy (non-hydrogen) atoms. The van der Waals surface area contributed by atoms with Gasteiger partial charge in [-0.05, 0) is 19.1 Å². The molecule has 7 nitrogen and oxygen atoms in total. The van der Waals surface area contributed by atoms with Crippen LogP contribution in [0.15, 0.2) is 23.1 Å². The van der Waals surface area contributed by atoms with Gasteiger partial charge in [-0.3, -0.25) is 10.1 Å². The van der Waals surface area contributed by atoms with Gasteiger partial charge in [-0.2, -0.15) is 0 Å². The van der Waals surface area contributed by atoms with Gasteiger partial charge >= 0.3 is 0 Å². The molecule has 0 heterocycles. The number of sulfone groups is 1. The highest BCUT2D eigenvalue weighted by Crippen LogP contribution is 2.28. The number of nitro benzene ring substituents is 1. The Labute approximate surface area is 111 Å². The standard InChI is InChI=1S/C11H16N2O5S/c1-8(7-18-2)12-10-5-4-9(19(3,16)17)6-11(10)13(14)15/h4-6,8,12H,7H2,1-3H3/t8-/m0/s1. The van der Waals surface area contributed by atoms with Crippen LogP contribution in [0.1, 0.15) is 6.92 Å². The first-order chi connectivity index (χ1) is 8.75. The number of rotatable bonds is 6. The Morgan fingerprint density at radius 1 is 1.47 bits per heavy atom. The van der Waals surface area contributed by atoms with Gasteiger partial charge in [0.15, 0.2) is 9.84 Å². The molecule has 0 amide bonds. The summed E-state index contributed by atoms with van der Waals surface area (Å²) in [5, 5.41) is 13.9. The molecule has 0 aliphatic rings. The maximum atomic E-state index is 11.4. The number of anilines is 1. The third kappa shape index (κ3) is 4.18. The minimum Gasteiger partial charge on any atom is -0.383 e. The molecule has 0 aromatic heterocycles. The van der Waals surface area contributed by atoms with Crippen LogP contribution < -0.4 is 5.32 Å². The van der Waals surface area contributed by atoms with E-state index >= 15 is 0 Å². The molecule has 0 saturated carbocycles. The fraction of sp³-hybridized carbons (Fsp3) is 0.455. The van der Waals surface area contributed by atoms with E-state index in [0.717, 1.165) is 12.3 Å². The van der Waals surface area contributed by atoms with Crippen molar-refractivity contribution >= 4 is 21.2 Å². The lowest BCUT2D eigenvalue weighted by atomic mass is 10.2. The van der Waals surface area contributed by atoms with Crippen LogP contribution in [-0.4, -0.2) is 39.4 Å². The maximum Gasteiger partial charge on any atom is 0.293 e. The van der Waals surface area contributed by atoms with Crippen molar-refractivity contribution in [3.8, 4) is 0 Å². The normalized spacial score (nSPS) is 13.0. The first kappa shape index (κ1) is 15.4. The number of nitrogens with zero attached hydrogens (tertiary/aromatic N) is 1. The average molecular weight is 288 g/mol. The second-order valence-electron chi connectivity index (χ2n) is 4.21. The molecule has 0 radical (unpaired) electrons. The quantitative estimate of drug-likeness (QED) is 0.628. The van der Waals surface area contributed by atoms with E-state index in [2.05, 4.69) is 5.32 Å². The summed E-state index contributed by atoms with van der Waals surface area (Å²) in [6.45, 7) is 2.18. The number of ether oxygens (including phenoxy) is 1. The van der Waals surface area contributed by atoms with Crippen LogP contribution in [0.3, 0.4) is 0 Å². The molecule has 0 aliphatic heterocycles. The Kier molecular flexibility index (Phi) is 4.84. The maximum absolute atomic E-state index is 11.4. The van der Waals surface area contributed by atoms with E-state index in [0.29, 0.717) is 6.61 Å². The molecule has 0 aliphatic carbocycles. The lowest BCUT2D eigenvalue weighted by molar-refractivity contribution is -0.384. The van der Waals surface area contributed by atoms with E-state index < -0.39 is 14.8 Å². The van der Waals surface area contributed by atoms with Crippen LogP contribution in [0.25, 0.3) is 0 Å². The highest BCUT2D eigenvalue weighted by atomic mass is 32.2.